The Morgan fingerprint density at radius 3 is 2.71 bits per heavy atom. The summed E-state index contributed by atoms with van der Waals surface area (Å²) in [7, 11) is 0. The van der Waals surface area contributed by atoms with Crippen molar-refractivity contribution in [2.24, 2.45) is 0 Å². The van der Waals surface area contributed by atoms with E-state index >= 15 is 0 Å². The van der Waals surface area contributed by atoms with E-state index < -0.39 is 11.6 Å². The van der Waals surface area contributed by atoms with E-state index in [-0.39, 0.29) is 11.6 Å². The molecule has 2 nitrogen and oxygen atoms in total. The second kappa shape index (κ2) is 4.70. The van der Waals surface area contributed by atoms with Gasteiger partial charge >= 0.3 is 0 Å². The van der Waals surface area contributed by atoms with Gasteiger partial charge in [0.1, 0.15) is 0 Å². The van der Waals surface area contributed by atoms with Gasteiger partial charge in [0, 0.05) is 18.2 Å². The normalized spacial score (nSPS) is 26.1. The van der Waals surface area contributed by atoms with Gasteiger partial charge in [-0.05, 0) is 38.0 Å². The Morgan fingerprint density at radius 1 is 1.35 bits per heavy atom. The van der Waals surface area contributed by atoms with Crippen LogP contribution in [0, 0.1) is 11.6 Å². The van der Waals surface area contributed by atoms with Gasteiger partial charge in [0.05, 0.1) is 6.61 Å². The molecule has 1 aromatic rings. The first-order valence-corrected chi connectivity index (χ1v) is 5.81. The van der Waals surface area contributed by atoms with Crippen LogP contribution in [-0.4, -0.2) is 18.8 Å². The summed E-state index contributed by atoms with van der Waals surface area (Å²) < 4.78 is 31.3. The topological polar surface area (TPSA) is 21.3 Å². The molecule has 0 saturated carbocycles. The Kier molecular flexibility index (Phi) is 3.45. The van der Waals surface area contributed by atoms with Gasteiger partial charge in [-0.1, -0.05) is 6.07 Å². The van der Waals surface area contributed by atoms with Crippen LogP contribution in [0.25, 0.3) is 0 Å². The third kappa shape index (κ3) is 2.82. The summed E-state index contributed by atoms with van der Waals surface area (Å²) >= 11 is 0. The number of benzene rings is 1. The molecule has 1 saturated heterocycles. The average Bonchev–Trinajstić information content (AvgIpc) is 2.69. The van der Waals surface area contributed by atoms with Gasteiger partial charge in [-0.25, -0.2) is 8.78 Å². The molecule has 1 N–H and O–H groups in total. The largest absolute Gasteiger partial charge is 0.379 e. The molecule has 0 aliphatic carbocycles. The molecule has 2 rings (SSSR count). The van der Waals surface area contributed by atoms with Crippen LogP contribution in [0.2, 0.25) is 0 Å². The third-order valence-corrected chi connectivity index (χ3v) is 3.23. The van der Waals surface area contributed by atoms with Gasteiger partial charge in [0.15, 0.2) is 11.6 Å². The summed E-state index contributed by atoms with van der Waals surface area (Å²) in [4.78, 5) is 0. The van der Waals surface area contributed by atoms with Crippen molar-refractivity contribution in [1.29, 1.82) is 0 Å². The first-order chi connectivity index (χ1) is 8.00. The highest BCUT2D eigenvalue weighted by molar-refractivity contribution is 5.21. The minimum absolute atomic E-state index is 0.0307. The summed E-state index contributed by atoms with van der Waals surface area (Å²) in [5.41, 5.74) is 0.668. The maximum Gasteiger partial charge on any atom is 0.159 e. The molecule has 2 atom stereocenters. The molecular weight excluding hydrogens is 224 g/mol. The zero-order valence-electron chi connectivity index (χ0n) is 10.1. The Labute approximate surface area is 100.0 Å². The monoisotopic (exact) mass is 241 g/mol. The van der Waals surface area contributed by atoms with Crippen molar-refractivity contribution in [2.45, 2.75) is 31.8 Å². The van der Waals surface area contributed by atoms with Crippen molar-refractivity contribution < 1.29 is 13.5 Å². The fourth-order valence-electron chi connectivity index (χ4n) is 2.17. The maximum atomic E-state index is 13.1. The van der Waals surface area contributed by atoms with Gasteiger partial charge in [0.2, 0.25) is 0 Å². The Bertz CT molecular complexity index is 402. The number of hydrogen-bond donors (Lipinski definition) is 1. The molecule has 0 bridgehead atoms. The summed E-state index contributed by atoms with van der Waals surface area (Å²) in [6.45, 7) is 5.42. The lowest BCUT2D eigenvalue weighted by Gasteiger charge is -2.28. The average molecular weight is 241 g/mol. The van der Waals surface area contributed by atoms with Crippen molar-refractivity contribution in [2.75, 3.05) is 13.2 Å². The Morgan fingerprint density at radius 2 is 2.12 bits per heavy atom. The molecule has 4 heteroatoms. The second-order valence-electron chi connectivity index (χ2n) is 4.90. The van der Waals surface area contributed by atoms with Crippen molar-refractivity contribution in [3.05, 3.63) is 35.4 Å². The standard InChI is InChI=1S/C13H17F2NO/c1-9(16-13(2)5-6-17-8-13)10-3-4-11(14)12(15)7-10/h3-4,7,9,16H,5-6,8H2,1-2H3. The third-order valence-electron chi connectivity index (χ3n) is 3.23. The fourth-order valence-corrected chi connectivity index (χ4v) is 2.17. The predicted molar refractivity (Wildman–Crippen MR) is 61.7 cm³/mol. The number of rotatable bonds is 3. The van der Waals surface area contributed by atoms with E-state index in [4.69, 9.17) is 4.74 Å². The van der Waals surface area contributed by atoms with Crippen molar-refractivity contribution >= 4 is 0 Å². The van der Waals surface area contributed by atoms with E-state index in [2.05, 4.69) is 12.2 Å². The predicted octanol–water partition coefficient (Wildman–Crippen LogP) is 2.79. The van der Waals surface area contributed by atoms with Crippen LogP contribution < -0.4 is 5.32 Å². The minimum atomic E-state index is -0.809. The Hall–Kier alpha value is -1.00. The van der Waals surface area contributed by atoms with E-state index in [0.29, 0.717) is 6.61 Å². The minimum Gasteiger partial charge on any atom is -0.379 e. The lowest BCUT2D eigenvalue weighted by Crippen LogP contribution is -2.44. The highest BCUT2D eigenvalue weighted by atomic mass is 19.2. The van der Waals surface area contributed by atoms with Crippen LogP contribution in [0.4, 0.5) is 8.78 Å². The number of nitrogens with one attached hydrogen (secondary N) is 1. The van der Waals surface area contributed by atoms with Crippen LogP contribution in [0.15, 0.2) is 18.2 Å². The van der Waals surface area contributed by atoms with E-state index in [1.807, 2.05) is 6.92 Å². The highest BCUT2D eigenvalue weighted by Crippen LogP contribution is 2.24. The van der Waals surface area contributed by atoms with Gasteiger partial charge in [-0.2, -0.15) is 0 Å². The first-order valence-electron chi connectivity index (χ1n) is 5.81. The van der Waals surface area contributed by atoms with Gasteiger partial charge in [-0.3, -0.25) is 0 Å². The molecule has 1 aromatic carbocycles. The molecule has 1 aliphatic heterocycles. The lowest BCUT2D eigenvalue weighted by molar-refractivity contribution is 0.167. The quantitative estimate of drug-likeness (QED) is 0.878. The molecule has 1 aliphatic rings. The van der Waals surface area contributed by atoms with Crippen LogP contribution in [0.3, 0.4) is 0 Å². The summed E-state index contributed by atoms with van der Waals surface area (Å²) in [5, 5.41) is 3.40. The summed E-state index contributed by atoms with van der Waals surface area (Å²) in [6.07, 6.45) is 0.932. The first kappa shape index (κ1) is 12.5. The summed E-state index contributed by atoms with van der Waals surface area (Å²) in [6, 6.07) is 3.98. The van der Waals surface area contributed by atoms with Crippen molar-refractivity contribution in [3.8, 4) is 0 Å². The Balaban J connectivity index is 2.08. The number of hydrogen-bond acceptors (Lipinski definition) is 2. The molecule has 94 valence electrons. The van der Waals surface area contributed by atoms with E-state index in [9.17, 15) is 8.78 Å². The highest BCUT2D eigenvalue weighted by Gasteiger charge is 2.31. The fraction of sp³-hybridized carbons (Fsp3) is 0.538. The van der Waals surface area contributed by atoms with Crippen LogP contribution in [0.1, 0.15) is 31.9 Å². The van der Waals surface area contributed by atoms with E-state index in [1.54, 1.807) is 6.07 Å². The summed E-state index contributed by atoms with van der Waals surface area (Å²) in [5.74, 6) is -1.61. The zero-order valence-corrected chi connectivity index (χ0v) is 10.1. The zero-order chi connectivity index (χ0) is 12.5. The second-order valence-corrected chi connectivity index (χ2v) is 4.90. The van der Waals surface area contributed by atoms with Crippen LogP contribution >= 0.6 is 0 Å². The molecule has 0 aromatic heterocycles. The van der Waals surface area contributed by atoms with Gasteiger partial charge in [0.25, 0.3) is 0 Å². The van der Waals surface area contributed by atoms with E-state index in [1.165, 1.54) is 6.07 Å². The van der Waals surface area contributed by atoms with E-state index in [0.717, 1.165) is 24.7 Å². The molecule has 2 unspecified atom stereocenters. The molecule has 1 fully saturated rings. The number of ether oxygens (including phenoxy) is 1. The van der Waals surface area contributed by atoms with Gasteiger partial charge < -0.3 is 10.1 Å². The molecular formula is C13H17F2NO. The SMILES string of the molecule is CC(NC1(C)CCOC1)c1ccc(F)c(F)c1. The maximum absolute atomic E-state index is 13.1. The lowest BCUT2D eigenvalue weighted by atomic mass is 9.98. The van der Waals surface area contributed by atoms with Crippen LogP contribution in [0.5, 0.6) is 0 Å². The molecule has 0 radical (unpaired) electrons. The smallest absolute Gasteiger partial charge is 0.159 e. The van der Waals surface area contributed by atoms with Crippen molar-refractivity contribution in [3.63, 3.8) is 0 Å². The molecule has 1 heterocycles. The molecule has 17 heavy (non-hydrogen) atoms. The molecule has 0 spiro atoms. The van der Waals surface area contributed by atoms with Gasteiger partial charge in [-0.15, -0.1) is 0 Å². The van der Waals surface area contributed by atoms with Crippen LogP contribution in [-0.2, 0) is 4.74 Å². The molecule has 0 amide bonds. The van der Waals surface area contributed by atoms with Crippen molar-refractivity contribution in [1.82, 2.24) is 5.32 Å². The number of halogens is 2.